The molecule has 0 bridgehead atoms. The van der Waals surface area contributed by atoms with E-state index in [1.54, 1.807) is 13.1 Å². The molecule has 0 N–H and O–H groups in total. The van der Waals surface area contributed by atoms with Gasteiger partial charge in [0.1, 0.15) is 6.54 Å². The van der Waals surface area contributed by atoms with Gasteiger partial charge in [0.25, 0.3) is 0 Å². The molecular formula is C7H7N3O2S. The predicted octanol–water partition coefficient (Wildman–Crippen LogP) is -0.441. The van der Waals surface area contributed by atoms with Gasteiger partial charge < -0.3 is 0 Å². The molecule has 0 spiro atoms. The third-order valence-electron chi connectivity index (χ3n) is 2.02. The molecule has 1 aliphatic rings. The lowest BCUT2D eigenvalue weighted by atomic mass is 10.3. The smallest absolute Gasteiger partial charge is 0.165 e. The SMILES string of the molecule is CC1=c2cnsc2=CCN1[N+](=O)[O-]. The van der Waals surface area contributed by atoms with E-state index in [9.17, 15) is 10.1 Å². The van der Waals surface area contributed by atoms with Gasteiger partial charge in [-0.1, -0.05) is 5.01 Å². The molecule has 0 saturated carbocycles. The third kappa shape index (κ3) is 1.19. The van der Waals surface area contributed by atoms with E-state index in [1.807, 2.05) is 6.08 Å². The molecule has 0 radical (unpaired) electrons. The maximum atomic E-state index is 10.6. The van der Waals surface area contributed by atoms with E-state index < -0.39 is 5.03 Å². The van der Waals surface area contributed by atoms with Crippen LogP contribution in [0.4, 0.5) is 0 Å². The van der Waals surface area contributed by atoms with Crippen LogP contribution in [0, 0.1) is 10.1 Å². The Hall–Kier alpha value is -1.43. The Bertz CT molecular complexity index is 464. The van der Waals surface area contributed by atoms with Crippen LogP contribution in [0.15, 0.2) is 6.20 Å². The topological polar surface area (TPSA) is 59.3 Å². The van der Waals surface area contributed by atoms with Gasteiger partial charge in [0.05, 0.1) is 16.4 Å². The van der Waals surface area contributed by atoms with Crippen molar-refractivity contribution in [1.82, 2.24) is 9.38 Å². The summed E-state index contributed by atoms with van der Waals surface area (Å²) in [5.74, 6) is 0. The van der Waals surface area contributed by atoms with Crippen LogP contribution in [-0.4, -0.2) is 21.0 Å². The summed E-state index contributed by atoms with van der Waals surface area (Å²) in [4.78, 5) is 10.6. The van der Waals surface area contributed by atoms with Crippen LogP contribution < -0.4 is 9.75 Å². The number of nitro groups is 1. The maximum absolute atomic E-state index is 10.6. The summed E-state index contributed by atoms with van der Waals surface area (Å²) in [6.07, 6.45) is 3.49. The van der Waals surface area contributed by atoms with Crippen LogP contribution in [0.1, 0.15) is 6.92 Å². The Labute approximate surface area is 77.9 Å². The van der Waals surface area contributed by atoms with E-state index in [2.05, 4.69) is 4.37 Å². The van der Waals surface area contributed by atoms with E-state index in [4.69, 9.17) is 0 Å². The van der Waals surface area contributed by atoms with Gasteiger partial charge in [-0.25, -0.2) is 10.1 Å². The van der Waals surface area contributed by atoms with Gasteiger partial charge in [-0.15, -0.1) is 0 Å². The lowest BCUT2D eigenvalue weighted by molar-refractivity contribution is -0.632. The van der Waals surface area contributed by atoms with E-state index >= 15 is 0 Å². The molecular weight excluding hydrogens is 190 g/mol. The highest BCUT2D eigenvalue weighted by molar-refractivity contribution is 7.03. The summed E-state index contributed by atoms with van der Waals surface area (Å²) in [5, 5.41) is 12.2. The Morgan fingerprint density at radius 1 is 1.77 bits per heavy atom. The van der Waals surface area contributed by atoms with Crippen molar-refractivity contribution in [3.63, 3.8) is 0 Å². The standard InChI is InChI=1S/C7H7N3O2S/c1-5-6-4-8-13-7(6)2-3-9(5)10(11)12/h2,4H,3H2,1H3. The van der Waals surface area contributed by atoms with Gasteiger partial charge in [0.15, 0.2) is 5.03 Å². The minimum atomic E-state index is -0.396. The van der Waals surface area contributed by atoms with Gasteiger partial charge in [0, 0.05) is 5.22 Å². The molecule has 0 saturated heterocycles. The monoisotopic (exact) mass is 197 g/mol. The van der Waals surface area contributed by atoms with Crippen molar-refractivity contribution >= 4 is 23.3 Å². The second-order valence-corrected chi connectivity index (χ2v) is 3.55. The normalized spacial score (nSPS) is 15.2. The fraction of sp³-hybridized carbons (Fsp3) is 0.286. The predicted molar refractivity (Wildman–Crippen MR) is 48.6 cm³/mol. The summed E-state index contributed by atoms with van der Waals surface area (Å²) in [5.41, 5.74) is 0.663. The molecule has 68 valence electrons. The fourth-order valence-electron chi connectivity index (χ4n) is 1.30. The molecule has 0 aliphatic carbocycles. The molecule has 2 rings (SSSR count). The average Bonchev–Trinajstić information content (AvgIpc) is 2.52. The van der Waals surface area contributed by atoms with E-state index in [0.717, 1.165) is 14.8 Å². The minimum Gasteiger partial charge on any atom is -0.234 e. The Kier molecular flexibility index (Phi) is 1.77. The maximum Gasteiger partial charge on any atom is 0.165 e. The number of fused-ring (bicyclic) bond motifs is 1. The number of rotatable bonds is 1. The molecule has 6 heteroatoms. The Morgan fingerprint density at radius 2 is 2.54 bits per heavy atom. The van der Waals surface area contributed by atoms with Crippen molar-refractivity contribution < 1.29 is 5.03 Å². The Balaban J connectivity index is 2.65. The van der Waals surface area contributed by atoms with E-state index in [-0.39, 0.29) is 0 Å². The number of nitrogens with zero attached hydrogens (tertiary/aromatic N) is 3. The van der Waals surface area contributed by atoms with E-state index in [0.29, 0.717) is 12.2 Å². The highest BCUT2D eigenvalue weighted by Crippen LogP contribution is 2.04. The zero-order valence-electron chi connectivity index (χ0n) is 6.93. The molecule has 1 aromatic rings. The first-order valence-corrected chi connectivity index (χ1v) is 4.51. The summed E-state index contributed by atoms with van der Waals surface area (Å²) >= 11 is 1.37. The molecule has 1 aromatic heterocycles. The van der Waals surface area contributed by atoms with Crippen molar-refractivity contribution in [1.29, 1.82) is 0 Å². The van der Waals surface area contributed by atoms with E-state index in [1.165, 1.54) is 11.5 Å². The molecule has 0 unspecified atom stereocenters. The molecule has 0 aromatic carbocycles. The zero-order valence-corrected chi connectivity index (χ0v) is 7.74. The molecule has 1 aliphatic heterocycles. The van der Waals surface area contributed by atoms with Crippen LogP contribution in [0.2, 0.25) is 0 Å². The molecule has 13 heavy (non-hydrogen) atoms. The van der Waals surface area contributed by atoms with Crippen LogP contribution in [0.5, 0.6) is 0 Å². The third-order valence-corrected chi connectivity index (χ3v) is 2.82. The first kappa shape index (κ1) is 8.18. The highest BCUT2D eigenvalue weighted by atomic mass is 32.1. The Morgan fingerprint density at radius 3 is 3.23 bits per heavy atom. The minimum absolute atomic E-state index is 0.327. The number of hydrogen-bond donors (Lipinski definition) is 0. The highest BCUT2D eigenvalue weighted by Gasteiger charge is 2.19. The van der Waals surface area contributed by atoms with Crippen molar-refractivity contribution in [3.05, 3.63) is 26.1 Å². The molecule has 0 fully saturated rings. The molecule has 0 amide bonds. The first-order valence-electron chi connectivity index (χ1n) is 3.74. The number of aromatic nitrogens is 1. The van der Waals surface area contributed by atoms with Crippen LogP contribution in [-0.2, 0) is 0 Å². The van der Waals surface area contributed by atoms with Gasteiger partial charge in [-0.3, -0.25) is 0 Å². The van der Waals surface area contributed by atoms with Crippen LogP contribution in [0.3, 0.4) is 0 Å². The average molecular weight is 197 g/mol. The second-order valence-electron chi connectivity index (χ2n) is 2.71. The molecule has 5 nitrogen and oxygen atoms in total. The van der Waals surface area contributed by atoms with Crippen molar-refractivity contribution in [2.24, 2.45) is 0 Å². The summed E-state index contributed by atoms with van der Waals surface area (Å²) in [6, 6.07) is 0. The summed E-state index contributed by atoms with van der Waals surface area (Å²) < 4.78 is 5.01. The fourth-order valence-corrected chi connectivity index (χ4v) is 2.02. The van der Waals surface area contributed by atoms with Crippen molar-refractivity contribution in [3.8, 4) is 0 Å². The van der Waals surface area contributed by atoms with Gasteiger partial charge in [-0.2, -0.15) is 4.37 Å². The van der Waals surface area contributed by atoms with Crippen molar-refractivity contribution in [2.75, 3.05) is 6.54 Å². The molecule has 2 heterocycles. The lowest BCUT2D eigenvalue weighted by Gasteiger charge is -2.13. The van der Waals surface area contributed by atoms with Crippen LogP contribution >= 0.6 is 11.5 Å². The van der Waals surface area contributed by atoms with Gasteiger partial charge in [0.2, 0.25) is 0 Å². The lowest BCUT2D eigenvalue weighted by Crippen LogP contribution is -2.39. The molecule has 0 atom stereocenters. The summed E-state index contributed by atoms with van der Waals surface area (Å²) in [6.45, 7) is 2.07. The van der Waals surface area contributed by atoms with Crippen molar-refractivity contribution in [2.45, 2.75) is 6.92 Å². The second kappa shape index (κ2) is 2.81. The number of hydrazine groups is 1. The van der Waals surface area contributed by atoms with Crippen LogP contribution in [0.25, 0.3) is 11.8 Å². The first-order chi connectivity index (χ1) is 6.20. The quantitative estimate of drug-likeness (QED) is 0.452. The van der Waals surface area contributed by atoms with Gasteiger partial charge in [-0.05, 0) is 24.5 Å². The largest absolute Gasteiger partial charge is 0.234 e. The number of hydrogen-bond acceptors (Lipinski definition) is 4. The van der Waals surface area contributed by atoms with Gasteiger partial charge >= 0.3 is 0 Å². The zero-order chi connectivity index (χ0) is 9.42. The summed E-state index contributed by atoms with van der Waals surface area (Å²) in [7, 11) is 0.